The number of carbonyl (C=O) groups is 2. The molecule has 2 atom stereocenters. The van der Waals surface area contributed by atoms with Crippen LogP contribution in [0.3, 0.4) is 0 Å². The molecular weight excluding hydrogens is 406 g/mol. The van der Waals surface area contributed by atoms with E-state index in [2.05, 4.69) is 11.9 Å². The lowest BCUT2D eigenvalue weighted by Crippen LogP contribution is -2.43. The van der Waals surface area contributed by atoms with Crippen molar-refractivity contribution in [1.29, 1.82) is 0 Å². The van der Waals surface area contributed by atoms with Gasteiger partial charge in [-0.05, 0) is 60.9 Å². The van der Waals surface area contributed by atoms with Gasteiger partial charge in [0.2, 0.25) is 5.91 Å². The van der Waals surface area contributed by atoms with E-state index in [9.17, 15) is 9.59 Å². The number of ether oxygens (including phenoxy) is 1. The van der Waals surface area contributed by atoms with E-state index in [1.54, 1.807) is 11.3 Å². The molecule has 8 heteroatoms. The van der Waals surface area contributed by atoms with Crippen LogP contribution in [0.5, 0.6) is 0 Å². The summed E-state index contributed by atoms with van der Waals surface area (Å²) in [6.45, 7) is 4.79. The molecule has 0 aromatic carbocycles. The molecule has 1 saturated heterocycles. The standard InChI is InChI=1S/C21H25N3O3S2/c1-13-6-4-5-8-23(13)17(25)10-16-12-29-21-22-14(2)18(20(26)27-3)19(24(16)21)15-7-9-28-11-15/h7,9,11-13,19H,4-6,8,10H2,1-3H3/t13-,19-/m0/s1. The van der Waals surface area contributed by atoms with Crippen molar-refractivity contribution in [3.8, 4) is 0 Å². The summed E-state index contributed by atoms with van der Waals surface area (Å²) in [6.07, 6.45) is 3.61. The van der Waals surface area contributed by atoms with Crippen LogP contribution in [0.2, 0.25) is 0 Å². The van der Waals surface area contributed by atoms with Gasteiger partial charge in [-0.25, -0.2) is 9.79 Å². The molecular formula is C21H25N3O3S2. The molecule has 29 heavy (non-hydrogen) atoms. The van der Waals surface area contributed by atoms with Crippen LogP contribution in [-0.2, 0) is 14.3 Å². The van der Waals surface area contributed by atoms with Crippen LogP contribution in [0.1, 0.15) is 51.1 Å². The first-order chi connectivity index (χ1) is 14.0. The van der Waals surface area contributed by atoms with Crippen molar-refractivity contribution in [2.24, 2.45) is 4.99 Å². The van der Waals surface area contributed by atoms with Crippen molar-refractivity contribution < 1.29 is 14.3 Å². The predicted molar refractivity (Wildman–Crippen MR) is 116 cm³/mol. The summed E-state index contributed by atoms with van der Waals surface area (Å²) in [5.74, 6) is -0.242. The Kier molecular flexibility index (Phi) is 5.83. The third-order valence-corrected chi connectivity index (χ3v) is 7.31. The summed E-state index contributed by atoms with van der Waals surface area (Å²) in [7, 11) is 1.39. The van der Waals surface area contributed by atoms with E-state index in [0.717, 1.165) is 35.8 Å². The van der Waals surface area contributed by atoms with Gasteiger partial charge < -0.3 is 14.5 Å². The summed E-state index contributed by atoms with van der Waals surface area (Å²) >= 11 is 3.10. The fourth-order valence-electron chi connectivity index (χ4n) is 4.21. The number of carbonyl (C=O) groups excluding carboxylic acids is 2. The Hall–Kier alpha value is -2.06. The number of piperidine rings is 1. The number of amidine groups is 1. The molecule has 1 aromatic rings. The maximum Gasteiger partial charge on any atom is 0.338 e. The molecule has 4 rings (SSSR count). The van der Waals surface area contributed by atoms with Crippen LogP contribution in [0.15, 0.2) is 44.2 Å². The van der Waals surface area contributed by atoms with Crippen molar-refractivity contribution in [2.45, 2.75) is 51.6 Å². The second kappa shape index (κ2) is 8.36. The fourth-order valence-corrected chi connectivity index (χ4v) is 5.85. The zero-order valence-electron chi connectivity index (χ0n) is 16.9. The zero-order chi connectivity index (χ0) is 20.5. The number of aliphatic imine (C=N–C) groups is 1. The molecule has 1 fully saturated rings. The number of nitrogens with zero attached hydrogens (tertiary/aromatic N) is 3. The van der Waals surface area contributed by atoms with E-state index < -0.39 is 0 Å². The lowest BCUT2D eigenvalue weighted by atomic mass is 9.95. The highest BCUT2D eigenvalue weighted by Crippen LogP contribution is 2.45. The van der Waals surface area contributed by atoms with E-state index >= 15 is 0 Å². The van der Waals surface area contributed by atoms with Gasteiger partial charge in [0, 0.05) is 18.3 Å². The molecule has 0 saturated carbocycles. The fraction of sp³-hybridized carbons (Fsp3) is 0.476. The van der Waals surface area contributed by atoms with E-state index in [0.29, 0.717) is 17.7 Å². The number of hydrogen-bond donors (Lipinski definition) is 0. The summed E-state index contributed by atoms with van der Waals surface area (Å²) in [5, 5.41) is 6.84. The molecule has 0 unspecified atom stereocenters. The maximum atomic E-state index is 13.1. The molecule has 0 bridgehead atoms. The topological polar surface area (TPSA) is 62.2 Å². The second-order valence-electron chi connectivity index (χ2n) is 7.55. The van der Waals surface area contributed by atoms with Gasteiger partial charge in [-0.1, -0.05) is 11.8 Å². The Balaban J connectivity index is 1.65. The first-order valence-corrected chi connectivity index (χ1v) is 11.7. The third kappa shape index (κ3) is 3.75. The van der Waals surface area contributed by atoms with Crippen molar-refractivity contribution in [3.63, 3.8) is 0 Å². The number of likely N-dealkylation sites (tertiary alicyclic amines) is 1. The maximum absolute atomic E-state index is 13.1. The number of rotatable bonds is 4. The molecule has 3 aliphatic rings. The van der Waals surface area contributed by atoms with Crippen LogP contribution < -0.4 is 0 Å². The van der Waals surface area contributed by atoms with Crippen LogP contribution in [0, 0.1) is 0 Å². The van der Waals surface area contributed by atoms with Gasteiger partial charge in [0.1, 0.15) is 0 Å². The Morgan fingerprint density at radius 1 is 1.34 bits per heavy atom. The van der Waals surface area contributed by atoms with Gasteiger partial charge in [-0.15, -0.1) is 0 Å². The SMILES string of the molecule is COC(=O)C1=C(C)N=C2SC=C(CC(=O)N3CCCC[C@@H]3C)N2[C@H]1c1ccsc1. The summed E-state index contributed by atoms with van der Waals surface area (Å²) in [4.78, 5) is 34.4. The molecule has 3 aliphatic heterocycles. The van der Waals surface area contributed by atoms with Crippen LogP contribution in [0.4, 0.5) is 0 Å². The molecule has 1 aromatic heterocycles. The Labute approximate surface area is 179 Å². The minimum absolute atomic E-state index is 0.139. The second-order valence-corrected chi connectivity index (χ2v) is 9.17. The number of thiophene rings is 1. The molecule has 0 spiro atoms. The minimum Gasteiger partial charge on any atom is -0.466 e. The smallest absolute Gasteiger partial charge is 0.338 e. The average Bonchev–Trinajstić information content (AvgIpc) is 3.37. The van der Waals surface area contributed by atoms with Crippen LogP contribution in [0.25, 0.3) is 0 Å². The zero-order valence-corrected chi connectivity index (χ0v) is 18.5. The largest absolute Gasteiger partial charge is 0.466 e. The minimum atomic E-state index is -0.381. The van der Waals surface area contributed by atoms with E-state index in [4.69, 9.17) is 4.74 Å². The van der Waals surface area contributed by atoms with Gasteiger partial charge in [0.25, 0.3) is 0 Å². The summed E-state index contributed by atoms with van der Waals surface area (Å²) in [6, 6.07) is 1.97. The highest BCUT2D eigenvalue weighted by Gasteiger charge is 2.41. The van der Waals surface area contributed by atoms with Gasteiger partial charge in [0.05, 0.1) is 30.8 Å². The van der Waals surface area contributed by atoms with Crippen LogP contribution >= 0.6 is 23.1 Å². The highest BCUT2D eigenvalue weighted by molar-refractivity contribution is 8.16. The number of amides is 1. The lowest BCUT2D eigenvalue weighted by molar-refractivity contribution is -0.136. The molecule has 6 nitrogen and oxygen atoms in total. The molecule has 4 heterocycles. The number of fused-ring (bicyclic) bond motifs is 1. The quantitative estimate of drug-likeness (QED) is 0.666. The monoisotopic (exact) mass is 431 g/mol. The molecule has 0 N–H and O–H groups in total. The third-order valence-electron chi connectivity index (χ3n) is 5.72. The lowest BCUT2D eigenvalue weighted by Gasteiger charge is -2.37. The van der Waals surface area contributed by atoms with Crippen molar-refractivity contribution in [1.82, 2.24) is 9.80 Å². The number of thioether (sulfide) groups is 1. The predicted octanol–water partition coefficient (Wildman–Crippen LogP) is 4.29. The normalized spacial score (nSPS) is 24.2. The molecule has 154 valence electrons. The van der Waals surface area contributed by atoms with Gasteiger partial charge in [-0.3, -0.25) is 4.79 Å². The van der Waals surface area contributed by atoms with Crippen molar-refractivity contribution in [3.05, 3.63) is 44.8 Å². The molecule has 1 amide bonds. The first-order valence-electron chi connectivity index (χ1n) is 9.85. The number of allylic oxidation sites excluding steroid dienone is 1. The number of esters is 1. The Morgan fingerprint density at radius 2 is 2.17 bits per heavy atom. The average molecular weight is 432 g/mol. The van der Waals surface area contributed by atoms with Gasteiger partial charge in [0.15, 0.2) is 5.17 Å². The van der Waals surface area contributed by atoms with Crippen molar-refractivity contribution >= 4 is 40.1 Å². The first kappa shape index (κ1) is 20.2. The van der Waals surface area contributed by atoms with E-state index in [1.807, 2.05) is 39.0 Å². The summed E-state index contributed by atoms with van der Waals surface area (Å²) in [5.41, 5.74) is 3.09. The molecule has 0 aliphatic carbocycles. The van der Waals surface area contributed by atoms with Gasteiger partial charge in [-0.2, -0.15) is 11.3 Å². The Morgan fingerprint density at radius 3 is 2.86 bits per heavy atom. The van der Waals surface area contributed by atoms with E-state index in [-0.39, 0.29) is 24.0 Å². The Bertz CT molecular complexity index is 904. The van der Waals surface area contributed by atoms with E-state index in [1.165, 1.54) is 25.3 Å². The van der Waals surface area contributed by atoms with Crippen LogP contribution in [-0.4, -0.2) is 46.5 Å². The number of hydrogen-bond acceptors (Lipinski definition) is 7. The van der Waals surface area contributed by atoms with Gasteiger partial charge >= 0.3 is 5.97 Å². The van der Waals surface area contributed by atoms with Crippen molar-refractivity contribution in [2.75, 3.05) is 13.7 Å². The highest BCUT2D eigenvalue weighted by atomic mass is 32.2. The molecule has 0 radical (unpaired) electrons. The summed E-state index contributed by atoms with van der Waals surface area (Å²) < 4.78 is 5.07. The number of methoxy groups -OCH3 is 1.